The Hall–Kier alpha value is -2.55. The van der Waals surface area contributed by atoms with E-state index in [1.54, 1.807) is 0 Å². The molecule has 0 heterocycles. The average molecular weight is 504 g/mol. The van der Waals surface area contributed by atoms with Crippen LogP contribution in [-0.2, 0) is 6.42 Å². The number of aromatic hydroxyl groups is 1. The van der Waals surface area contributed by atoms with Gasteiger partial charge in [-0.25, -0.2) is 4.99 Å². The van der Waals surface area contributed by atoms with E-state index in [1.807, 2.05) is 13.0 Å². The van der Waals surface area contributed by atoms with Gasteiger partial charge in [0.25, 0.3) is 0 Å². The smallest absolute Gasteiger partial charge is 0.128 e. The van der Waals surface area contributed by atoms with Crippen LogP contribution in [0, 0.1) is 25.7 Å². The van der Waals surface area contributed by atoms with Gasteiger partial charge >= 0.3 is 0 Å². The van der Waals surface area contributed by atoms with Crippen molar-refractivity contribution < 1.29 is 9.84 Å². The number of fused-ring (bicyclic) bond motifs is 1. The summed E-state index contributed by atoms with van der Waals surface area (Å²) in [4.78, 5) is 4.84. The molecule has 0 saturated heterocycles. The Kier molecular flexibility index (Phi) is 10.9. The summed E-state index contributed by atoms with van der Waals surface area (Å²) >= 11 is 0. The second-order valence-corrected chi connectivity index (χ2v) is 10.9. The van der Waals surface area contributed by atoms with Crippen LogP contribution in [0.2, 0.25) is 0 Å². The van der Waals surface area contributed by atoms with Gasteiger partial charge in [-0.3, -0.25) is 0 Å². The standard InChI is InChI=1S/C34H49NO2/c1-8-12-14-26(10-3)16-17-28-18-19-29(34(36)23(28)5)25(7)35-33-30-20-21-31(24(6)32(30)33)37-22-27(11-4)15-13-9-2/h18-21,26-27,36H,7-17,22H2,1-6H3. The van der Waals surface area contributed by atoms with Crippen molar-refractivity contribution in [2.45, 2.75) is 106 Å². The quantitative estimate of drug-likeness (QED) is 0.211. The van der Waals surface area contributed by atoms with Gasteiger partial charge in [0.15, 0.2) is 0 Å². The molecule has 0 fully saturated rings. The molecule has 0 aliphatic heterocycles. The zero-order valence-electron chi connectivity index (χ0n) is 24.3. The van der Waals surface area contributed by atoms with Crippen molar-refractivity contribution in [3.63, 3.8) is 0 Å². The number of unbranched alkanes of at least 4 members (excludes halogenated alkanes) is 2. The summed E-state index contributed by atoms with van der Waals surface area (Å²) in [5, 5.41) is 14.3. The van der Waals surface area contributed by atoms with E-state index in [-0.39, 0.29) is 0 Å². The lowest BCUT2D eigenvalue weighted by Gasteiger charge is -2.16. The first-order valence-corrected chi connectivity index (χ1v) is 14.7. The minimum atomic E-state index is 0.316. The van der Waals surface area contributed by atoms with E-state index in [1.165, 1.54) is 62.3 Å². The maximum Gasteiger partial charge on any atom is 0.128 e. The van der Waals surface area contributed by atoms with Gasteiger partial charge in [0.1, 0.15) is 11.5 Å². The molecule has 0 amide bonds. The van der Waals surface area contributed by atoms with E-state index in [4.69, 9.17) is 9.73 Å². The van der Waals surface area contributed by atoms with Crippen molar-refractivity contribution >= 4 is 16.5 Å². The van der Waals surface area contributed by atoms with Gasteiger partial charge in [0.05, 0.1) is 17.7 Å². The van der Waals surface area contributed by atoms with Crippen LogP contribution in [0.25, 0.3) is 16.5 Å². The van der Waals surface area contributed by atoms with Crippen molar-refractivity contribution in [1.29, 1.82) is 0 Å². The molecule has 2 unspecified atom stereocenters. The normalized spacial score (nSPS) is 13.9. The molecule has 3 nitrogen and oxygen atoms in total. The molecule has 3 rings (SSSR count). The lowest BCUT2D eigenvalue weighted by atomic mass is 9.90. The lowest BCUT2D eigenvalue weighted by molar-refractivity contribution is 0.232. The number of nitrogens with zero attached hydrogens (tertiary/aromatic N) is 1. The topological polar surface area (TPSA) is 41.8 Å². The average Bonchev–Trinajstić information content (AvgIpc) is 3.60. The molecule has 0 aliphatic rings. The highest BCUT2D eigenvalue weighted by Gasteiger charge is 2.19. The molecule has 1 N–H and O–H groups in total. The number of rotatable bonds is 16. The first kappa shape index (κ1) is 29.0. The maximum atomic E-state index is 11.0. The second kappa shape index (κ2) is 13.8. The van der Waals surface area contributed by atoms with Crippen LogP contribution in [0.4, 0.5) is 0 Å². The van der Waals surface area contributed by atoms with Gasteiger partial charge in [-0.2, -0.15) is 0 Å². The molecule has 3 aromatic carbocycles. The Morgan fingerprint density at radius 2 is 1.57 bits per heavy atom. The highest BCUT2D eigenvalue weighted by Crippen LogP contribution is 2.34. The van der Waals surface area contributed by atoms with Gasteiger partial charge in [0, 0.05) is 21.9 Å². The predicted octanol–water partition coefficient (Wildman–Crippen LogP) is 9.35. The summed E-state index contributed by atoms with van der Waals surface area (Å²) in [7, 11) is 0. The summed E-state index contributed by atoms with van der Waals surface area (Å²) in [6, 6.07) is 8.33. The van der Waals surface area contributed by atoms with Gasteiger partial charge in [-0.05, 0) is 74.3 Å². The number of phenols is 1. The van der Waals surface area contributed by atoms with Crippen molar-refractivity contribution in [2.75, 3.05) is 6.61 Å². The fourth-order valence-electron chi connectivity index (χ4n) is 5.36. The third-order valence-corrected chi connectivity index (χ3v) is 8.33. The molecule has 0 bridgehead atoms. The molecule has 0 radical (unpaired) electrons. The number of hydrogen-bond donors (Lipinski definition) is 1. The molecule has 3 aromatic rings. The molecule has 0 saturated carbocycles. The minimum Gasteiger partial charge on any atom is -0.507 e. The predicted molar refractivity (Wildman–Crippen MR) is 159 cm³/mol. The molecule has 0 spiro atoms. The van der Waals surface area contributed by atoms with Crippen LogP contribution in [-0.4, -0.2) is 11.7 Å². The van der Waals surface area contributed by atoms with E-state index in [0.717, 1.165) is 58.5 Å². The van der Waals surface area contributed by atoms with Crippen LogP contribution in [0.1, 0.15) is 108 Å². The summed E-state index contributed by atoms with van der Waals surface area (Å²) in [6.07, 6.45) is 12.1. The fourth-order valence-corrected chi connectivity index (χ4v) is 5.36. The van der Waals surface area contributed by atoms with E-state index in [9.17, 15) is 5.11 Å². The first-order valence-electron chi connectivity index (χ1n) is 14.7. The van der Waals surface area contributed by atoms with Crippen LogP contribution < -0.4 is 10.1 Å². The Balaban J connectivity index is 1.72. The van der Waals surface area contributed by atoms with Gasteiger partial charge in [0.2, 0.25) is 0 Å². The highest BCUT2D eigenvalue weighted by molar-refractivity contribution is 6.01. The molecular weight excluding hydrogens is 454 g/mol. The number of phenolic OH excluding ortho intramolecular Hbond substituents is 1. The summed E-state index contributed by atoms with van der Waals surface area (Å²) in [5.41, 5.74) is 4.67. The van der Waals surface area contributed by atoms with Crippen LogP contribution in [0.5, 0.6) is 11.5 Å². The number of ether oxygens (including phenoxy) is 1. The van der Waals surface area contributed by atoms with Crippen LogP contribution in [0.15, 0.2) is 35.8 Å². The monoisotopic (exact) mass is 503 g/mol. The van der Waals surface area contributed by atoms with E-state index in [0.29, 0.717) is 17.4 Å². The Morgan fingerprint density at radius 3 is 2.22 bits per heavy atom. The van der Waals surface area contributed by atoms with E-state index < -0.39 is 0 Å². The van der Waals surface area contributed by atoms with Crippen molar-refractivity contribution in [3.05, 3.63) is 58.5 Å². The molecule has 202 valence electrons. The Labute approximate surface area is 225 Å². The molecule has 3 heteroatoms. The maximum absolute atomic E-state index is 11.0. The minimum absolute atomic E-state index is 0.316. The SMILES string of the molecule is C=C(N=c1c2ccc(OCC(CC)CCCC)c(C)c12)c1ccc(CCC(CC)CCCC)c(C)c1O. The van der Waals surface area contributed by atoms with Crippen LogP contribution >= 0.6 is 0 Å². The van der Waals surface area contributed by atoms with Gasteiger partial charge in [-0.15, -0.1) is 0 Å². The Morgan fingerprint density at radius 1 is 0.892 bits per heavy atom. The number of benzene rings is 2. The molecule has 0 aliphatic carbocycles. The molecular formula is C34H49NO2. The van der Waals surface area contributed by atoms with Gasteiger partial charge < -0.3 is 9.84 Å². The second-order valence-electron chi connectivity index (χ2n) is 10.9. The fraction of sp³-hybridized carbons (Fsp3) is 0.559. The van der Waals surface area contributed by atoms with Crippen LogP contribution in [0.3, 0.4) is 0 Å². The Bertz CT molecular complexity index is 1190. The molecule has 2 atom stereocenters. The zero-order valence-corrected chi connectivity index (χ0v) is 24.3. The zero-order chi connectivity index (χ0) is 26.9. The third kappa shape index (κ3) is 7.27. The molecule has 37 heavy (non-hydrogen) atoms. The number of hydrogen-bond acceptors (Lipinski definition) is 3. The summed E-state index contributed by atoms with van der Waals surface area (Å²) in [6.45, 7) is 18.2. The summed E-state index contributed by atoms with van der Waals surface area (Å²) < 4.78 is 6.24. The van der Waals surface area contributed by atoms with Crippen molar-refractivity contribution in [2.24, 2.45) is 16.8 Å². The van der Waals surface area contributed by atoms with Crippen molar-refractivity contribution in [1.82, 2.24) is 0 Å². The van der Waals surface area contributed by atoms with Crippen molar-refractivity contribution in [3.8, 4) is 11.5 Å². The summed E-state index contributed by atoms with van der Waals surface area (Å²) in [5.74, 6) is 2.64. The largest absolute Gasteiger partial charge is 0.507 e. The van der Waals surface area contributed by atoms with E-state index >= 15 is 0 Å². The van der Waals surface area contributed by atoms with E-state index in [2.05, 4.69) is 59.4 Å². The first-order chi connectivity index (χ1) is 17.9. The highest BCUT2D eigenvalue weighted by atomic mass is 16.5. The number of aryl methyl sites for hydroxylation is 2. The van der Waals surface area contributed by atoms with Gasteiger partial charge in [-0.1, -0.05) is 85.3 Å². The third-order valence-electron chi connectivity index (χ3n) is 8.33. The molecule has 0 aromatic heterocycles. The lowest BCUT2D eigenvalue weighted by Crippen LogP contribution is -2.11.